The van der Waals surface area contributed by atoms with Crippen molar-refractivity contribution in [3.63, 3.8) is 0 Å². The van der Waals surface area contributed by atoms with Gasteiger partial charge >= 0.3 is 0 Å². The predicted molar refractivity (Wildman–Crippen MR) is 71.4 cm³/mol. The van der Waals surface area contributed by atoms with Crippen LogP contribution in [0, 0.1) is 0 Å². The van der Waals surface area contributed by atoms with Crippen LogP contribution in [-0.2, 0) is 7.05 Å². The van der Waals surface area contributed by atoms with E-state index in [9.17, 15) is 4.79 Å². The average molecular weight is 244 g/mol. The number of rotatable bonds is 3. The largest absolute Gasteiger partial charge is 0.397 e. The van der Waals surface area contributed by atoms with Crippen molar-refractivity contribution in [1.29, 1.82) is 0 Å². The molecule has 0 saturated carbocycles. The van der Waals surface area contributed by atoms with E-state index >= 15 is 0 Å². The highest BCUT2D eigenvalue weighted by Gasteiger charge is 2.19. The van der Waals surface area contributed by atoms with Crippen molar-refractivity contribution in [3.8, 4) is 0 Å². The molecular weight excluding hydrogens is 228 g/mol. The second kappa shape index (κ2) is 4.91. The summed E-state index contributed by atoms with van der Waals surface area (Å²) in [5.74, 6) is -0.143. The van der Waals surface area contributed by atoms with E-state index in [1.54, 1.807) is 28.1 Å². The third kappa shape index (κ3) is 2.20. The predicted octanol–water partition coefficient (Wildman–Crippen LogP) is 1.67. The molecule has 0 spiro atoms. The Morgan fingerprint density at radius 2 is 2.17 bits per heavy atom. The Labute approximate surface area is 106 Å². The van der Waals surface area contributed by atoms with Gasteiger partial charge in [0, 0.05) is 19.8 Å². The molecule has 0 aliphatic carbocycles. The number of amides is 1. The van der Waals surface area contributed by atoms with Gasteiger partial charge in [-0.05, 0) is 19.1 Å². The van der Waals surface area contributed by atoms with Gasteiger partial charge < -0.3 is 15.2 Å². The van der Waals surface area contributed by atoms with Crippen LogP contribution in [0.2, 0.25) is 0 Å². The van der Waals surface area contributed by atoms with E-state index in [4.69, 9.17) is 5.73 Å². The highest BCUT2D eigenvalue weighted by molar-refractivity contribution is 6.06. The monoisotopic (exact) mass is 244 g/mol. The summed E-state index contributed by atoms with van der Waals surface area (Å²) in [5, 5.41) is 0. The maximum atomic E-state index is 12.3. The van der Waals surface area contributed by atoms with E-state index in [-0.39, 0.29) is 5.91 Å². The molecule has 1 aromatic carbocycles. The molecule has 0 fully saturated rings. The number of nitrogens with two attached hydrogens (primary N) is 1. The molecule has 0 saturated heterocycles. The molecule has 2 N–H and O–H groups in total. The van der Waals surface area contributed by atoms with Crippen molar-refractivity contribution in [1.82, 2.24) is 9.55 Å². The third-order valence-electron chi connectivity index (χ3n) is 2.71. The molecule has 5 nitrogen and oxygen atoms in total. The number of hydrogen-bond donors (Lipinski definition) is 1. The van der Waals surface area contributed by atoms with E-state index in [0.717, 1.165) is 5.69 Å². The van der Waals surface area contributed by atoms with Crippen LogP contribution in [0.1, 0.15) is 17.4 Å². The number of nitrogen functional groups attached to an aromatic ring is 1. The molecule has 2 rings (SSSR count). The second-order valence-corrected chi connectivity index (χ2v) is 4.03. The highest BCUT2D eigenvalue weighted by Crippen LogP contribution is 2.23. The number of para-hydroxylation sites is 2. The lowest BCUT2D eigenvalue weighted by Crippen LogP contribution is -2.31. The van der Waals surface area contributed by atoms with Gasteiger partial charge in [0.2, 0.25) is 0 Å². The minimum absolute atomic E-state index is 0.143. The number of nitrogens with zero attached hydrogens (tertiary/aromatic N) is 3. The van der Waals surface area contributed by atoms with E-state index in [0.29, 0.717) is 17.9 Å². The lowest BCUT2D eigenvalue weighted by atomic mass is 10.2. The van der Waals surface area contributed by atoms with Crippen LogP contribution in [0.4, 0.5) is 11.4 Å². The number of aromatic nitrogens is 2. The maximum absolute atomic E-state index is 12.3. The van der Waals surface area contributed by atoms with Crippen LogP contribution in [-0.4, -0.2) is 22.0 Å². The van der Waals surface area contributed by atoms with Crippen LogP contribution in [0.5, 0.6) is 0 Å². The van der Waals surface area contributed by atoms with E-state index in [1.165, 1.54) is 0 Å². The first-order valence-electron chi connectivity index (χ1n) is 5.77. The van der Waals surface area contributed by atoms with Crippen molar-refractivity contribution in [2.24, 2.45) is 7.05 Å². The molecular formula is C13H16N4O. The molecule has 0 atom stereocenters. The first kappa shape index (κ1) is 12.2. The van der Waals surface area contributed by atoms with Crippen LogP contribution >= 0.6 is 0 Å². The Bertz CT molecular complexity index is 562. The zero-order chi connectivity index (χ0) is 13.1. The van der Waals surface area contributed by atoms with Crippen LogP contribution in [0.3, 0.4) is 0 Å². The minimum Gasteiger partial charge on any atom is -0.397 e. The Kier molecular flexibility index (Phi) is 3.32. The fraction of sp³-hybridized carbons (Fsp3) is 0.231. The van der Waals surface area contributed by atoms with Gasteiger partial charge in [-0.25, -0.2) is 4.98 Å². The number of hydrogen-bond acceptors (Lipinski definition) is 3. The Hall–Kier alpha value is -2.30. The molecule has 5 heteroatoms. The second-order valence-electron chi connectivity index (χ2n) is 4.03. The molecule has 1 amide bonds. The van der Waals surface area contributed by atoms with Crippen molar-refractivity contribution < 1.29 is 4.79 Å². The van der Waals surface area contributed by atoms with Gasteiger partial charge in [-0.1, -0.05) is 12.1 Å². The SMILES string of the molecule is CCN(C(=O)c1cn(C)cn1)c1ccccc1N. The molecule has 2 aromatic rings. The molecule has 0 aliphatic rings. The summed E-state index contributed by atoms with van der Waals surface area (Å²) in [6.07, 6.45) is 3.31. The lowest BCUT2D eigenvalue weighted by Gasteiger charge is -2.21. The molecule has 0 radical (unpaired) electrons. The Morgan fingerprint density at radius 3 is 2.72 bits per heavy atom. The lowest BCUT2D eigenvalue weighted by molar-refractivity contribution is 0.0984. The number of carbonyl (C=O) groups excluding carboxylic acids is 1. The molecule has 0 unspecified atom stereocenters. The van der Waals surface area contributed by atoms with E-state index in [2.05, 4.69) is 4.98 Å². The standard InChI is InChI=1S/C13H16N4O/c1-3-17(12-7-5-4-6-10(12)14)13(18)11-8-16(2)9-15-11/h4-9H,3,14H2,1-2H3. The number of aryl methyl sites for hydroxylation is 1. The molecule has 0 aliphatic heterocycles. The average Bonchev–Trinajstić information content (AvgIpc) is 2.79. The summed E-state index contributed by atoms with van der Waals surface area (Å²) < 4.78 is 1.75. The first-order valence-corrected chi connectivity index (χ1v) is 5.77. The quantitative estimate of drug-likeness (QED) is 0.835. The van der Waals surface area contributed by atoms with Crippen molar-refractivity contribution in [3.05, 3.63) is 42.5 Å². The van der Waals surface area contributed by atoms with Crippen LogP contribution < -0.4 is 10.6 Å². The molecule has 18 heavy (non-hydrogen) atoms. The number of benzene rings is 1. The highest BCUT2D eigenvalue weighted by atomic mass is 16.2. The summed E-state index contributed by atoms with van der Waals surface area (Å²) in [7, 11) is 1.83. The van der Waals surface area contributed by atoms with Crippen molar-refractivity contribution >= 4 is 17.3 Å². The van der Waals surface area contributed by atoms with Crippen molar-refractivity contribution in [2.45, 2.75) is 6.92 Å². The molecule has 1 heterocycles. The fourth-order valence-electron chi connectivity index (χ4n) is 1.82. The summed E-state index contributed by atoms with van der Waals surface area (Å²) in [6, 6.07) is 7.32. The normalized spacial score (nSPS) is 10.3. The zero-order valence-electron chi connectivity index (χ0n) is 10.5. The fourth-order valence-corrected chi connectivity index (χ4v) is 1.82. The van der Waals surface area contributed by atoms with Gasteiger partial charge in [-0.3, -0.25) is 4.79 Å². The molecule has 94 valence electrons. The van der Waals surface area contributed by atoms with Gasteiger partial charge in [0.1, 0.15) is 5.69 Å². The number of anilines is 2. The molecule has 0 bridgehead atoms. The topological polar surface area (TPSA) is 64.2 Å². The first-order chi connectivity index (χ1) is 8.63. The third-order valence-corrected chi connectivity index (χ3v) is 2.71. The maximum Gasteiger partial charge on any atom is 0.278 e. The van der Waals surface area contributed by atoms with Gasteiger partial charge in [0.05, 0.1) is 17.7 Å². The van der Waals surface area contributed by atoms with Gasteiger partial charge in [0.15, 0.2) is 0 Å². The van der Waals surface area contributed by atoms with Gasteiger partial charge in [0.25, 0.3) is 5.91 Å². The zero-order valence-corrected chi connectivity index (χ0v) is 10.5. The van der Waals surface area contributed by atoms with Crippen LogP contribution in [0.25, 0.3) is 0 Å². The summed E-state index contributed by atoms with van der Waals surface area (Å²) in [6.45, 7) is 2.46. The van der Waals surface area contributed by atoms with Crippen molar-refractivity contribution in [2.75, 3.05) is 17.2 Å². The van der Waals surface area contributed by atoms with E-state index < -0.39 is 0 Å². The van der Waals surface area contributed by atoms with Gasteiger partial charge in [-0.2, -0.15) is 0 Å². The Morgan fingerprint density at radius 1 is 1.44 bits per heavy atom. The van der Waals surface area contributed by atoms with Gasteiger partial charge in [-0.15, -0.1) is 0 Å². The number of imidazole rings is 1. The van der Waals surface area contributed by atoms with Crippen LogP contribution in [0.15, 0.2) is 36.8 Å². The molecule has 1 aromatic heterocycles. The smallest absolute Gasteiger partial charge is 0.278 e. The Balaban J connectivity index is 2.35. The van der Waals surface area contributed by atoms with E-state index in [1.807, 2.05) is 32.2 Å². The number of carbonyl (C=O) groups is 1. The minimum atomic E-state index is -0.143. The summed E-state index contributed by atoms with van der Waals surface area (Å²) >= 11 is 0. The summed E-state index contributed by atoms with van der Waals surface area (Å²) in [5.41, 5.74) is 7.62. The summed E-state index contributed by atoms with van der Waals surface area (Å²) in [4.78, 5) is 18.0.